The molecule has 58 valence electrons. The Morgan fingerprint density at radius 1 is 1.50 bits per heavy atom. The standard InChI is InChI=1S/C7H14N2Se/c1-3-5-6(4-2)10-7(8)9-5/h5-6H,3-4H2,1-2H3,(H2,8,9)/t5-,6-/m1/s1. The van der Waals surface area contributed by atoms with Crippen LogP contribution in [0.3, 0.4) is 0 Å². The molecular weight excluding hydrogens is 191 g/mol. The van der Waals surface area contributed by atoms with Crippen molar-refractivity contribution in [3.63, 3.8) is 0 Å². The van der Waals surface area contributed by atoms with Crippen molar-refractivity contribution in [3.05, 3.63) is 0 Å². The van der Waals surface area contributed by atoms with E-state index in [-0.39, 0.29) is 0 Å². The fraction of sp³-hybridized carbons (Fsp3) is 0.857. The van der Waals surface area contributed by atoms with E-state index in [1.165, 1.54) is 6.42 Å². The third kappa shape index (κ3) is 1.53. The molecule has 0 fully saturated rings. The topological polar surface area (TPSA) is 38.4 Å². The van der Waals surface area contributed by atoms with Crippen LogP contribution in [0.25, 0.3) is 0 Å². The molecule has 1 aliphatic rings. The number of amidine groups is 1. The number of nitrogens with zero attached hydrogens (tertiary/aromatic N) is 1. The summed E-state index contributed by atoms with van der Waals surface area (Å²) < 4.78 is 0.922. The average Bonchev–Trinajstić information content (AvgIpc) is 2.30. The Balaban J connectivity index is 2.52. The maximum atomic E-state index is 5.64. The molecule has 0 aromatic heterocycles. The van der Waals surface area contributed by atoms with Gasteiger partial charge in [0.1, 0.15) is 0 Å². The summed E-state index contributed by atoms with van der Waals surface area (Å²) in [5, 5.41) is 0. The van der Waals surface area contributed by atoms with Crippen molar-refractivity contribution in [3.8, 4) is 0 Å². The molecule has 1 heterocycles. The van der Waals surface area contributed by atoms with E-state index >= 15 is 0 Å². The summed E-state index contributed by atoms with van der Waals surface area (Å²) >= 11 is 0.495. The van der Waals surface area contributed by atoms with Gasteiger partial charge in [0.2, 0.25) is 0 Å². The zero-order chi connectivity index (χ0) is 7.56. The predicted molar refractivity (Wildman–Crippen MR) is 45.5 cm³/mol. The van der Waals surface area contributed by atoms with Gasteiger partial charge >= 0.3 is 68.0 Å². The number of nitrogens with two attached hydrogens (primary N) is 1. The summed E-state index contributed by atoms with van der Waals surface area (Å²) in [6.45, 7) is 4.41. The Morgan fingerprint density at radius 3 is 2.60 bits per heavy atom. The van der Waals surface area contributed by atoms with Gasteiger partial charge in [0, 0.05) is 0 Å². The van der Waals surface area contributed by atoms with Gasteiger partial charge in [-0.15, -0.1) is 0 Å². The van der Waals surface area contributed by atoms with Crippen LogP contribution in [0.5, 0.6) is 0 Å². The van der Waals surface area contributed by atoms with Crippen molar-refractivity contribution in [1.29, 1.82) is 0 Å². The molecule has 10 heavy (non-hydrogen) atoms. The third-order valence-corrected chi connectivity index (χ3v) is 4.54. The van der Waals surface area contributed by atoms with Gasteiger partial charge < -0.3 is 0 Å². The molecule has 0 unspecified atom stereocenters. The molecule has 1 rings (SSSR count). The van der Waals surface area contributed by atoms with Crippen LogP contribution in [0.1, 0.15) is 26.7 Å². The predicted octanol–water partition coefficient (Wildman–Crippen LogP) is 0.996. The van der Waals surface area contributed by atoms with Crippen LogP contribution in [0.15, 0.2) is 4.99 Å². The van der Waals surface area contributed by atoms with Crippen molar-refractivity contribution < 1.29 is 0 Å². The van der Waals surface area contributed by atoms with Crippen molar-refractivity contribution in [2.75, 3.05) is 0 Å². The monoisotopic (exact) mass is 206 g/mol. The molecule has 1 aliphatic heterocycles. The van der Waals surface area contributed by atoms with Gasteiger partial charge in [0.15, 0.2) is 0 Å². The molecule has 2 atom stereocenters. The second-order valence-corrected chi connectivity index (χ2v) is 5.15. The van der Waals surface area contributed by atoms with Gasteiger partial charge in [-0.1, -0.05) is 0 Å². The maximum absolute atomic E-state index is 5.64. The number of hydrogen-bond donors (Lipinski definition) is 1. The molecule has 0 bridgehead atoms. The summed E-state index contributed by atoms with van der Waals surface area (Å²) in [5.41, 5.74) is 5.64. The first kappa shape index (κ1) is 8.09. The normalized spacial score (nSPS) is 32.4. The quantitative estimate of drug-likeness (QED) is 0.671. The molecule has 0 aromatic rings. The Morgan fingerprint density at radius 2 is 2.20 bits per heavy atom. The van der Waals surface area contributed by atoms with E-state index in [4.69, 9.17) is 5.73 Å². The third-order valence-electron chi connectivity index (χ3n) is 1.81. The van der Waals surface area contributed by atoms with Crippen molar-refractivity contribution >= 4 is 19.7 Å². The summed E-state index contributed by atoms with van der Waals surface area (Å²) in [6, 6.07) is 0.546. The van der Waals surface area contributed by atoms with Crippen LogP contribution < -0.4 is 5.73 Å². The van der Waals surface area contributed by atoms with E-state index in [1.807, 2.05) is 0 Å². The van der Waals surface area contributed by atoms with Crippen LogP contribution in [0.2, 0.25) is 4.82 Å². The molecule has 0 aliphatic carbocycles. The Kier molecular flexibility index (Phi) is 2.75. The molecule has 0 saturated heterocycles. The zero-order valence-electron chi connectivity index (χ0n) is 6.50. The van der Waals surface area contributed by atoms with Gasteiger partial charge in [-0.2, -0.15) is 0 Å². The Labute approximate surface area is 68.4 Å². The summed E-state index contributed by atoms with van der Waals surface area (Å²) in [7, 11) is 0. The minimum absolute atomic E-state index is 0.495. The summed E-state index contributed by atoms with van der Waals surface area (Å²) in [5.74, 6) is 0. The van der Waals surface area contributed by atoms with Crippen LogP contribution in [0.4, 0.5) is 0 Å². The second kappa shape index (κ2) is 3.40. The first-order chi connectivity index (χ1) is 4.77. The fourth-order valence-electron chi connectivity index (χ4n) is 1.22. The molecule has 0 aromatic carbocycles. The van der Waals surface area contributed by atoms with E-state index in [1.54, 1.807) is 0 Å². The van der Waals surface area contributed by atoms with Crippen molar-refractivity contribution in [2.45, 2.75) is 37.5 Å². The molecule has 0 saturated carbocycles. The average molecular weight is 205 g/mol. The number of aliphatic imine (C=N–C) groups is 1. The molecule has 2 N–H and O–H groups in total. The van der Waals surface area contributed by atoms with Gasteiger partial charge in [-0.25, -0.2) is 0 Å². The fourth-order valence-corrected chi connectivity index (χ4v) is 3.49. The number of hydrogen-bond acceptors (Lipinski definition) is 2. The molecule has 3 heteroatoms. The molecule has 0 radical (unpaired) electrons. The first-order valence-corrected chi connectivity index (χ1v) is 5.62. The van der Waals surface area contributed by atoms with Crippen LogP contribution >= 0.6 is 0 Å². The van der Waals surface area contributed by atoms with E-state index in [9.17, 15) is 0 Å². The van der Waals surface area contributed by atoms with E-state index in [0.29, 0.717) is 21.0 Å². The molecule has 0 amide bonds. The van der Waals surface area contributed by atoms with Crippen LogP contribution in [-0.2, 0) is 0 Å². The van der Waals surface area contributed by atoms with Gasteiger partial charge in [-0.05, 0) is 0 Å². The second-order valence-electron chi connectivity index (χ2n) is 2.51. The van der Waals surface area contributed by atoms with E-state index < -0.39 is 0 Å². The Hall–Kier alpha value is -0.0105. The van der Waals surface area contributed by atoms with Gasteiger partial charge in [0.25, 0.3) is 0 Å². The molecular formula is C7H14N2Se. The van der Waals surface area contributed by atoms with Gasteiger partial charge in [0.05, 0.1) is 0 Å². The SMILES string of the molecule is CC[C@H]1N=C(N)[Se][C@@H]1CC. The number of rotatable bonds is 2. The first-order valence-electron chi connectivity index (χ1n) is 3.77. The van der Waals surface area contributed by atoms with Crippen molar-refractivity contribution in [1.82, 2.24) is 0 Å². The van der Waals surface area contributed by atoms with Crippen molar-refractivity contribution in [2.24, 2.45) is 10.7 Å². The molecule has 2 nitrogen and oxygen atoms in total. The van der Waals surface area contributed by atoms with E-state index in [2.05, 4.69) is 18.8 Å². The van der Waals surface area contributed by atoms with Crippen LogP contribution in [0, 0.1) is 0 Å². The zero-order valence-corrected chi connectivity index (χ0v) is 8.21. The summed E-state index contributed by atoms with van der Waals surface area (Å²) in [4.78, 5) is 5.17. The van der Waals surface area contributed by atoms with E-state index in [0.717, 1.165) is 16.0 Å². The minimum atomic E-state index is 0.495. The Bertz CT molecular complexity index is 145. The van der Waals surface area contributed by atoms with Gasteiger partial charge in [-0.3, -0.25) is 0 Å². The summed E-state index contributed by atoms with van der Waals surface area (Å²) in [6.07, 6.45) is 2.39. The van der Waals surface area contributed by atoms with Crippen LogP contribution in [-0.4, -0.2) is 25.7 Å². The molecule has 0 spiro atoms.